The molecule has 86 heavy (non-hydrogen) atoms. The lowest BCUT2D eigenvalue weighted by Crippen LogP contribution is -1.99. The van der Waals surface area contributed by atoms with Gasteiger partial charge in [-0.05, 0) is 185 Å². The van der Waals surface area contributed by atoms with E-state index in [9.17, 15) is 0 Å². The van der Waals surface area contributed by atoms with Crippen molar-refractivity contribution in [2.45, 2.75) is 0 Å². The van der Waals surface area contributed by atoms with Gasteiger partial charge in [-0.25, -0.2) is 0 Å². The largest absolute Gasteiger partial charge is 0.456 e. The zero-order chi connectivity index (χ0) is 56.4. The molecule has 0 atom stereocenters. The van der Waals surface area contributed by atoms with Gasteiger partial charge in [0.15, 0.2) is 0 Å². The molecule has 0 amide bonds. The summed E-state index contributed by atoms with van der Waals surface area (Å²) >= 11 is 0. The summed E-state index contributed by atoms with van der Waals surface area (Å²) in [7, 11) is 0. The first-order valence-corrected chi connectivity index (χ1v) is 29.6. The number of hydrogen-bond donors (Lipinski definition) is 0. The summed E-state index contributed by atoms with van der Waals surface area (Å²) in [5, 5.41) is 14.4. The number of hydrogen-bond acceptors (Lipinski definition) is 2. The molecule has 2 aliphatic rings. The van der Waals surface area contributed by atoms with E-state index in [1.165, 1.54) is 104 Å². The zero-order valence-corrected chi connectivity index (χ0v) is 46.7. The molecule has 18 rings (SSSR count). The second kappa shape index (κ2) is 19.1. The average Bonchev–Trinajstić information content (AvgIpc) is 1.30. The highest BCUT2D eigenvalue weighted by Crippen LogP contribution is 2.54. The molecule has 0 spiro atoms. The van der Waals surface area contributed by atoms with Crippen LogP contribution in [0.15, 0.2) is 303 Å². The van der Waals surface area contributed by atoms with Gasteiger partial charge in [0, 0.05) is 21.9 Å². The molecule has 16 aromatic rings. The summed E-state index contributed by atoms with van der Waals surface area (Å²) in [6.45, 7) is 0. The molecule has 0 unspecified atom stereocenters. The minimum Gasteiger partial charge on any atom is -0.456 e. The van der Waals surface area contributed by atoms with Gasteiger partial charge in [0.1, 0.15) is 23.0 Å². The minimum absolute atomic E-state index is 0.859. The molecular formula is C84H50O2. The molecule has 0 N–H and O–H groups in total. The van der Waals surface area contributed by atoms with E-state index in [2.05, 4.69) is 303 Å². The monoisotopic (exact) mass is 1090 g/mol. The van der Waals surface area contributed by atoms with Crippen molar-refractivity contribution in [2.75, 3.05) is 0 Å². The molecule has 16 aromatic carbocycles. The van der Waals surface area contributed by atoms with Gasteiger partial charge in [0.25, 0.3) is 0 Å². The third-order valence-electron chi connectivity index (χ3n) is 18.3. The van der Waals surface area contributed by atoms with Crippen molar-refractivity contribution >= 4 is 64.6 Å². The molecule has 2 aliphatic heterocycles. The first-order chi connectivity index (χ1) is 42.7. The minimum atomic E-state index is 0.859. The number of benzene rings is 16. The van der Waals surface area contributed by atoms with Gasteiger partial charge in [-0.2, -0.15) is 0 Å². The van der Waals surface area contributed by atoms with Crippen LogP contribution in [0.4, 0.5) is 0 Å². The van der Waals surface area contributed by atoms with Crippen LogP contribution in [0.3, 0.4) is 0 Å². The fourth-order valence-corrected chi connectivity index (χ4v) is 14.5. The summed E-state index contributed by atoms with van der Waals surface area (Å²) in [6, 6.07) is 111. The van der Waals surface area contributed by atoms with E-state index < -0.39 is 0 Å². The van der Waals surface area contributed by atoms with Gasteiger partial charge >= 0.3 is 0 Å². The van der Waals surface area contributed by atoms with Crippen molar-refractivity contribution in [3.8, 4) is 123 Å². The first-order valence-electron chi connectivity index (χ1n) is 29.6. The number of ether oxygens (including phenoxy) is 2. The molecule has 0 aromatic heterocycles. The Kier molecular flexibility index (Phi) is 10.7. The van der Waals surface area contributed by atoms with Crippen molar-refractivity contribution in [3.63, 3.8) is 0 Å². The van der Waals surface area contributed by atoms with E-state index >= 15 is 0 Å². The van der Waals surface area contributed by atoms with Crippen molar-refractivity contribution in [3.05, 3.63) is 303 Å². The maximum Gasteiger partial charge on any atom is 0.135 e. The normalized spacial score (nSPS) is 12.1. The van der Waals surface area contributed by atoms with Gasteiger partial charge in [-0.1, -0.05) is 261 Å². The smallest absolute Gasteiger partial charge is 0.135 e. The highest BCUT2D eigenvalue weighted by atomic mass is 16.5. The van der Waals surface area contributed by atoms with E-state index in [1.54, 1.807) is 0 Å². The topological polar surface area (TPSA) is 18.5 Å². The van der Waals surface area contributed by atoms with Crippen molar-refractivity contribution in [1.29, 1.82) is 0 Å². The van der Waals surface area contributed by atoms with Crippen LogP contribution in [-0.2, 0) is 0 Å². The fourth-order valence-electron chi connectivity index (χ4n) is 14.5. The van der Waals surface area contributed by atoms with Crippen LogP contribution in [-0.4, -0.2) is 0 Å². The fraction of sp³-hybridized carbons (Fsp3) is 0. The van der Waals surface area contributed by atoms with E-state index in [0.717, 1.165) is 83.7 Å². The molecule has 0 radical (unpaired) electrons. The van der Waals surface area contributed by atoms with Gasteiger partial charge in [0.05, 0.1) is 0 Å². The maximum absolute atomic E-state index is 6.98. The Labute approximate surface area is 497 Å². The van der Waals surface area contributed by atoms with E-state index in [0.29, 0.717) is 0 Å². The van der Waals surface area contributed by atoms with Gasteiger partial charge in [-0.3, -0.25) is 0 Å². The highest BCUT2D eigenvalue weighted by molar-refractivity contribution is 6.24. The summed E-state index contributed by atoms with van der Waals surface area (Å²) < 4.78 is 13.7. The van der Waals surface area contributed by atoms with Crippen molar-refractivity contribution in [2.24, 2.45) is 0 Å². The van der Waals surface area contributed by atoms with E-state index in [-0.39, 0.29) is 0 Å². The lowest BCUT2D eigenvalue weighted by molar-refractivity contribution is 0.487. The Morgan fingerprint density at radius 1 is 0.163 bits per heavy atom. The van der Waals surface area contributed by atoms with Crippen molar-refractivity contribution < 1.29 is 9.47 Å². The highest BCUT2D eigenvalue weighted by Gasteiger charge is 2.27. The van der Waals surface area contributed by atoms with E-state index in [4.69, 9.17) is 9.47 Å². The van der Waals surface area contributed by atoms with Gasteiger partial charge < -0.3 is 9.47 Å². The Morgan fingerprint density at radius 3 is 1.14 bits per heavy atom. The number of fused-ring (bicyclic) bond motifs is 8. The average molecular weight is 1090 g/mol. The van der Waals surface area contributed by atoms with Gasteiger partial charge in [0.2, 0.25) is 0 Å². The molecule has 0 aliphatic carbocycles. The lowest BCUT2D eigenvalue weighted by Gasteiger charge is -2.24. The third-order valence-corrected chi connectivity index (χ3v) is 18.3. The van der Waals surface area contributed by atoms with Crippen LogP contribution in [0.1, 0.15) is 0 Å². The zero-order valence-electron chi connectivity index (χ0n) is 46.7. The summed E-state index contributed by atoms with van der Waals surface area (Å²) in [4.78, 5) is 0. The molecule has 2 heteroatoms. The van der Waals surface area contributed by atoms with Crippen LogP contribution in [0, 0.1) is 0 Å². The van der Waals surface area contributed by atoms with Crippen LogP contribution >= 0.6 is 0 Å². The molecule has 0 saturated heterocycles. The standard InChI is InChI=1S/C84H50O2/c1-3-18-52(19-4-1)74-48-57(41-45-73(74)83-70-30-13-11-28-68(70)81(69-29-12-14-31-71(69)83)58-42-44-60-63-32-15-22-54-23-16-34-75(82(54)63)85-78(60)50-58)59-46-47-72-61-43-40-56(49-77(61)86-76-35-17-33-62(59)84(72)76)51-36-38-55(39-37-51)80-66-26-9-7-24-64(66)79(53-20-5-2-6-21-53)65-25-8-10-27-67(65)80/h1-50H. The maximum atomic E-state index is 6.98. The second-order valence-corrected chi connectivity index (χ2v) is 22.9. The first kappa shape index (κ1) is 48.2. The SMILES string of the molecule is c1ccc(-c2cc(-c3ccc4c5c(cccc35)Oc3cc(-c5ccc(-c6c7ccccc7c(-c7ccccc7)c7ccccc67)cc5)ccc3-4)ccc2-c2c3ccccc3c(-c3ccc4c(c3)Oc3cccc5cccc-4c35)c3ccccc23)cc1. The molecule has 0 saturated carbocycles. The summed E-state index contributed by atoms with van der Waals surface area (Å²) in [6.07, 6.45) is 0. The quantitative estimate of drug-likeness (QED) is 0.148. The Bertz CT molecular complexity index is 5390. The third kappa shape index (κ3) is 7.40. The molecule has 2 heterocycles. The predicted molar refractivity (Wildman–Crippen MR) is 361 cm³/mol. The lowest BCUT2D eigenvalue weighted by atomic mass is 9.82. The number of rotatable bonds is 7. The van der Waals surface area contributed by atoms with Crippen LogP contribution in [0.25, 0.3) is 165 Å². The molecule has 0 bridgehead atoms. The van der Waals surface area contributed by atoms with Gasteiger partial charge in [-0.15, -0.1) is 0 Å². The predicted octanol–water partition coefficient (Wildman–Crippen LogP) is 23.8. The summed E-state index contributed by atoms with van der Waals surface area (Å²) in [5.74, 6) is 3.49. The van der Waals surface area contributed by atoms with Crippen molar-refractivity contribution in [1.82, 2.24) is 0 Å². The molecule has 2 nitrogen and oxygen atoms in total. The second-order valence-electron chi connectivity index (χ2n) is 22.9. The molecule has 0 fully saturated rings. The van der Waals surface area contributed by atoms with Crippen LogP contribution in [0.5, 0.6) is 23.0 Å². The molecular weight excluding hydrogens is 1040 g/mol. The van der Waals surface area contributed by atoms with Crippen LogP contribution < -0.4 is 9.47 Å². The van der Waals surface area contributed by atoms with E-state index in [1.807, 2.05) is 0 Å². The Morgan fingerprint density at radius 2 is 0.547 bits per heavy atom. The Hall–Kier alpha value is -11.3. The molecule has 398 valence electrons. The Balaban J connectivity index is 0.722. The van der Waals surface area contributed by atoms with Crippen LogP contribution in [0.2, 0.25) is 0 Å². The summed E-state index contributed by atoms with van der Waals surface area (Å²) in [5.41, 5.74) is 21.1.